The van der Waals surface area contributed by atoms with Gasteiger partial charge in [-0.25, -0.2) is 0 Å². The SMILES string of the molecule is CC(CS(C)=O)NC(=O)C(C)(C)C#N. The highest BCUT2D eigenvalue weighted by Crippen LogP contribution is 2.12. The average Bonchev–Trinajstić information content (AvgIpc) is 2.02. The van der Waals surface area contributed by atoms with Crippen LogP contribution in [0.15, 0.2) is 0 Å². The minimum atomic E-state index is -1.02. The number of carbonyl (C=O) groups is 1. The fourth-order valence-electron chi connectivity index (χ4n) is 0.849. The smallest absolute Gasteiger partial charge is 0.240 e. The number of nitrogens with zero attached hydrogens (tertiary/aromatic N) is 1. The van der Waals surface area contributed by atoms with Gasteiger partial charge in [-0.2, -0.15) is 5.26 Å². The van der Waals surface area contributed by atoms with E-state index in [1.54, 1.807) is 27.0 Å². The molecule has 2 atom stereocenters. The Morgan fingerprint density at radius 3 is 2.50 bits per heavy atom. The Balaban J connectivity index is 4.21. The second-order valence-electron chi connectivity index (χ2n) is 3.85. The van der Waals surface area contributed by atoms with Crippen LogP contribution in [0.2, 0.25) is 0 Å². The lowest BCUT2D eigenvalue weighted by Crippen LogP contribution is -2.43. The minimum Gasteiger partial charge on any atom is -0.351 e. The fourth-order valence-corrected chi connectivity index (χ4v) is 1.64. The molecule has 0 aliphatic heterocycles. The normalized spacial score (nSPS) is 15.4. The second kappa shape index (κ2) is 5.11. The first kappa shape index (κ1) is 13.1. The van der Waals surface area contributed by atoms with Gasteiger partial charge in [-0.05, 0) is 20.8 Å². The number of hydrogen-bond acceptors (Lipinski definition) is 3. The minimum absolute atomic E-state index is 0.166. The van der Waals surface area contributed by atoms with Crippen LogP contribution in [-0.2, 0) is 15.6 Å². The highest BCUT2D eigenvalue weighted by molar-refractivity contribution is 7.84. The van der Waals surface area contributed by atoms with Gasteiger partial charge in [0.25, 0.3) is 0 Å². The van der Waals surface area contributed by atoms with E-state index in [9.17, 15) is 9.00 Å². The van der Waals surface area contributed by atoms with E-state index in [0.717, 1.165) is 0 Å². The Hall–Kier alpha value is -0.890. The molecule has 4 nitrogen and oxygen atoms in total. The molecule has 1 amide bonds. The zero-order valence-electron chi connectivity index (χ0n) is 8.96. The lowest BCUT2D eigenvalue weighted by molar-refractivity contribution is -0.127. The van der Waals surface area contributed by atoms with Crippen LogP contribution in [0, 0.1) is 16.7 Å². The Morgan fingerprint density at radius 2 is 2.14 bits per heavy atom. The third-order valence-electron chi connectivity index (χ3n) is 1.71. The number of rotatable bonds is 4. The summed E-state index contributed by atoms with van der Waals surface area (Å²) in [4.78, 5) is 11.5. The van der Waals surface area contributed by atoms with Crippen molar-refractivity contribution < 1.29 is 9.00 Å². The van der Waals surface area contributed by atoms with E-state index in [2.05, 4.69) is 5.32 Å². The van der Waals surface area contributed by atoms with Gasteiger partial charge in [-0.15, -0.1) is 0 Å². The van der Waals surface area contributed by atoms with Crippen molar-refractivity contribution >= 4 is 16.7 Å². The summed E-state index contributed by atoms with van der Waals surface area (Å²) in [6.45, 7) is 4.88. The maximum absolute atomic E-state index is 11.5. The van der Waals surface area contributed by atoms with Crippen LogP contribution in [0.4, 0.5) is 0 Å². The van der Waals surface area contributed by atoms with Crippen LogP contribution >= 0.6 is 0 Å². The molecule has 0 radical (unpaired) electrons. The van der Waals surface area contributed by atoms with Crippen molar-refractivity contribution in [1.29, 1.82) is 5.26 Å². The summed E-state index contributed by atoms with van der Waals surface area (Å²) in [6, 6.07) is 1.75. The number of nitriles is 1. The number of amides is 1. The van der Waals surface area contributed by atoms with Crippen molar-refractivity contribution in [3.63, 3.8) is 0 Å². The molecule has 0 aromatic carbocycles. The molecule has 0 rings (SSSR count). The number of carbonyl (C=O) groups excluding carboxylic acids is 1. The molecule has 2 unspecified atom stereocenters. The van der Waals surface area contributed by atoms with Gasteiger partial charge < -0.3 is 5.32 Å². The Morgan fingerprint density at radius 1 is 1.64 bits per heavy atom. The molecule has 1 N–H and O–H groups in total. The number of nitrogens with one attached hydrogen (secondary N) is 1. The number of hydrogen-bond donors (Lipinski definition) is 1. The Kier molecular flexibility index (Phi) is 4.78. The van der Waals surface area contributed by atoms with Crippen LogP contribution in [0.25, 0.3) is 0 Å². The second-order valence-corrected chi connectivity index (χ2v) is 5.33. The summed E-state index contributed by atoms with van der Waals surface area (Å²) >= 11 is 0. The van der Waals surface area contributed by atoms with E-state index < -0.39 is 16.2 Å². The Labute approximate surface area is 87.1 Å². The topological polar surface area (TPSA) is 70.0 Å². The molecular formula is C9H16N2O2S. The van der Waals surface area contributed by atoms with Gasteiger partial charge in [0, 0.05) is 28.9 Å². The van der Waals surface area contributed by atoms with E-state index in [1.807, 2.05) is 6.07 Å². The largest absolute Gasteiger partial charge is 0.351 e. The molecule has 0 spiro atoms. The summed E-state index contributed by atoms with van der Waals surface area (Å²) in [6.07, 6.45) is 1.58. The third-order valence-corrected chi connectivity index (χ3v) is 2.68. The standard InChI is InChI=1S/C9H16N2O2S/c1-7(5-14(4)13)11-8(12)9(2,3)6-10/h7H,5H2,1-4H3,(H,11,12). The van der Waals surface area contributed by atoms with Gasteiger partial charge in [-0.3, -0.25) is 9.00 Å². The lowest BCUT2D eigenvalue weighted by atomic mass is 9.94. The van der Waals surface area contributed by atoms with Crippen molar-refractivity contribution in [3.05, 3.63) is 0 Å². The molecule has 0 saturated carbocycles. The maximum atomic E-state index is 11.5. The van der Waals surface area contributed by atoms with Gasteiger partial charge in [0.2, 0.25) is 5.91 Å². The third kappa shape index (κ3) is 4.38. The molecular weight excluding hydrogens is 200 g/mol. The summed E-state index contributed by atoms with van der Waals surface area (Å²) in [7, 11) is -0.938. The van der Waals surface area contributed by atoms with Gasteiger partial charge in [0.05, 0.1) is 6.07 Å². The molecule has 14 heavy (non-hydrogen) atoms. The van der Waals surface area contributed by atoms with Crippen molar-refractivity contribution in [2.24, 2.45) is 5.41 Å². The average molecular weight is 216 g/mol. The van der Waals surface area contributed by atoms with E-state index in [4.69, 9.17) is 5.26 Å². The van der Waals surface area contributed by atoms with Gasteiger partial charge in [-0.1, -0.05) is 0 Å². The summed E-state index contributed by atoms with van der Waals surface area (Å²) in [5, 5.41) is 11.3. The molecule has 80 valence electrons. The highest BCUT2D eigenvalue weighted by Gasteiger charge is 2.28. The fraction of sp³-hybridized carbons (Fsp3) is 0.778. The predicted molar refractivity (Wildman–Crippen MR) is 55.9 cm³/mol. The van der Waals surface area contributed by atoms with Crippen LogP contribution in [0.5, 0.6) is 0 Å². The van der Waals surface area contributed by atoms with Crippen LogP contribution in [0.3, 0.4) is 0 Å². The monoisotopic (exact) mass is 216 g/mol. The molecule has 0 aromatic rings. The highest BCUT2D eigenvalue weighted by atomic mass is 32.2. The Bertz CT molecular complexity index is 281. The zero-order chi connectivity index (χ0) is 11.4. The molecule has 0 heterocycles. The predicted octanol–water partition coefficient (Wildman–Crippen LogP) is 0.419. The molecule has 0 saturated heterocycles. The van der Waals surface area contributed by atoms with Gasteiger partial charge >= 0.3 is 0 Å². The van der Waals surface area contributed by atoms with Crippen molar-refractivity contribution in [2.75, 3.05) is 12.0 Å². The van der Waals surface area contributed by atoms with Crippen molar-refractivity contribution in [1.82, 2.24) is 5.32 Å². The zero-order valence-corrected chi connectivity index (χ0v) is 9.77. The molecule has 0 aliphatic rings. The molecule has 0 aromatic heterocycles. The first-order chi connectivity index (χ1) is 6.29. The van der Waals surface area contributed by atoms with Crippen LogP contribution in [-0.4, -0.2) is 28.2 Å². The first-order valence-corrected chi connectivity index (χ1v) is 6.04. The van der Waals surface area contributed by atoms with Gasteiger partial charge in [0.15, 0.2) is 0 Å². The quantitative estimate of drug-likeness (QED) is 0.740. The summed E-state index contributed by atoms with van der Waals surface area (Å²) in [5.74, 6) is 0.0886. The van der Waals surface area contributed by atoms with Crippen LogP contribution in [0.1, 0.15) is 20.8 Å². The van der Waals surface area contributed by atoms with Crippen LogP contribution < -0.4 is 5.32 Å². The van der Waals surface area contributed by atoms with E-state index in [0.29, 0.717) is 5.75 Å². The lowest BCUT2D eigenvalue weighted by Gasteiger charge is -2.19. The molecule has 0 bridgehead atoms. The van der Waals surface area contributed by atoms with Crippen molar-refractivity contribution in [3.8, 4) is 6.07 Å². The summed E-state index contributed by atoms with van der Waals surface area (Å²) < 4.78 is 10.8. The molecule has 0 fully saturated rings. The summed E-state index contributed by atoms with van der Waals surface area (Å²) in [5.41, 5.74) is -1.02. The van der Waals surface area contributed by atoms with Crippen molar-refractivity contribution in [2.45, 2.75) is 26.8 Å². The van der Waals surface area contributed by atoms with E-state index >= 15 is 0 Å². The van der Waals surface area contributed by atoms with E-state index in [1.165, 1.54) is 0 Å². The van der Waals surface area contributed by atoms with E-state index in [-0.39, 0.29) is 11.9 Å². The van der Waals surface area contributed by atoms with Gasteiger partial charge in [0.1, 0.15) is 5.41 Å². The maximum Gasteiger partial charge on any atom is 0.240 e. The molecule has 0 aliphatic carbocycles. The molecule has 5 heteroatoms. The first-order valence-electron chi connectivity index (χ1n) is 4.32.